The van der Waals surface area contributed by atoms with E-state index in [9.17, 15) is 26.5 Å². The molecule has 0 saturated heterocycles. The van der Waals surface area contributed by atoms with Crippen LogP contribution in [0.5, 0.6) is 5.88 Å². The van der Waals surface area contributed by atoms with Gasteiger partial charge in [-0.05, 0) is 62.7 Å². The third-order valence-electron chi connectivity index (χ3n) is 5.96. The van der Waals surface area contributed by atoms with Gasteiger partial charge in [0.1, 0.15) is 16.8 Å². The van der Waals surface area contributed by atoms with Crippen molar-refractivity contribution in [2.75, 3.05) is 22.3 Å². The number of anilines is 3. The van der Waals surface area contributed by atoms with E-state index in [2.05, 4.69) is 40.9 Å². The van der Waals surface area contributed by atoms with E-state index in [1.807, 2.05) is 0 Å². The quantitative estimate of drug-likeness (QED) is 0.0631. The molecule has 2 unspecified atom stereocenters. The van der Waals surface area contributed by atoms with Gasteiger partial charge in [0.05, 0.1) is 17.1 Å². The van der Waals surface area contributed by atoms with Crippen molar-refractivity contribution in [3.05, 3.63) is 59.5 Å². The zero-order valence-corrected chi connectivity index (χ0v) is 27.0. The average Bonchev–Trinajstić information content (AvgIpc) is 3.24. The van der Waals surface area contributed by atoms with E-state index in [1.54, 1.807) is 37.3 Å². The molecule has 2 heterocycles. The van der Waals surface area contributed by atoms with Crippen molar-refractivity contribution in [2.45, 2.75) is 37.3 Å². The minimum absolute atomic E-state index is 0.0282. The second kappa shape index (κ2) is 14.0. The number of aryl methyl sites for hydroxylation is 1. The van der Waals surface area contributed by atoms with Crippen molar-refractivity contribution in [2.24, 2.45) is 10.2 Å². The highest BCUT2D eigenvalue weighted by Crippen LogP contribution is 2.36. The number of benzene rings is 2. The molecule has 0 amide bonds. The second-order valence-electron chi connectivity index (χ2n) is 9.29. The molecule has 0 aliphatic heterocycles. The van der Waals surface area contributed by atoms with Crippen molar-refractivity contribution in [1.82, 2.24) is 24.7 Å². The lowest BCUT2D eigenvalue weighted by Gasteiger charge is -2.20. The normalized spacial score (nSPS) is 13.6. The number of alkyl halides is 1. The van der Waals surface area contributed by atoms with Crippen LogP contribution < -0.4 is 10.6 Å². The Morgan fingerprint density at radius 3 is 2.38 bits per heavy atom. The van der Waals surface area contributed by atoms with Crippen LogP contribution in [0.2, 0.25) is 5.28 Å². The number of halogens is 2. The summed E-state index contributed by atoms with van der Waals surface area (Å²) in [5.74, 6) is -0.834. The van der Waals surface area contributed by atoms with E-state index >= 15 is 0 Å². The highest BCUT2D eigenvalue weighted by molar-refractivity contribution is 7.91. The molecule has 20 heteroatoms. The molecule has 0 aliphatic rings. The van der Waals surface area contributed by atoms with E-state index in [1.165, 1.54) is 30.7 Å². The summed E-state index contributed by atoms with van der Waals surface area (Å²) in [6, 6.07) is 12.4. The number of aromatic nitrogens is 5. The molecule has 0 saturated carbocycles. The first kappa shape index (κ1) is 33.9. The Balaban J connectivity index is 1.59. The van der Waals surface area contributed by atoms with Crippen molar-refractivity contribution in [1.29, 1.82) is 0 Å². The number of nitrogens with one attached hydrogen (secondary N) is 2. The molecule has 2 aromatic heterocycles. The van der Waals surface area contributed by atoms with Crippen LogP contribution in [-0.2, 0) is 24.7 Å². The van der Waals surface area contributed by atoms with E-state index in [4.69, 9.17) is 27.9 Å². The molecule has 4 aromatic rings. The van der Waals surface area contributed by atoms with Gasteiger partial charge >= 0.3 is 0 Å². The summed E-state index contributed by atoms with van der Waals surface area (Å²) in [7, 11) is -8.33. The lowest BCUT2D eigenvalue weighted by Crippen LogP contribution is -2.32. The molecule has 16 nitrogen and oxygen atoms in total. The summed E-state index contributed by atoms with van der Waals surface area (Å²) < 4.78 is 65.0. The van der Waals surface area contributed by atoms with Gasteiger partial charge in [0.15, 0.2) is 21.0 Å². The van der Waals surface area contributed by atoms with Crippen molar-refractivity contribution >= 4 is 72.1 Å². The second-order valence-corrected chi connectivity index (χ2v) is 13.8. The van der Waals surface area contributed by atoms with Crippen LogP contribution in [0.4, 0.5) is 29.0 Å². The third-order valence-corrected chi connectivity index (χ3v) is 9.34. The Bertz CT molecular complexity index is 1930. The maximum absolute atomic E-state index is 12.2. The molecule has 0 spiro atoms. The van der Waals surface area contributed by atoms with Gasteiger partial charge in [0.2, 0.25) is 23.1 Å². The van der Waals surface area contributed by atoms with Gasteiger partial charge in [-0.15, -0.1) is 21.8 Å². The van der Waals surface area contributed by atoms with Crippen molar-refractivity contribution in [3.63, 3.8) is 0 Å². The van der Waals surface area contributed by atoms with E-state index in [-0.39, 0.29) is 51.8 Å². The number of ether oxygens (including phenoxy) is 1. The number of sulfone groups is 1. The first-order valence-corrected chi connectivity index (χ1v) is 17.0. The molecule has 4 rings (SSSR count). The van der Waals surface area contributed by atoms with Crippen LogP contribution in [0.15, 0.2) is 63.7 Å². The summed E-state index contributed by atoms with van der Waals surface area (Å²) in [4.78, 5) is 11.6. The third kappa shape index (κ3) is 8.62. The smallest absolute Gasteiger partial charge is 0.296 e. The number of azo groups is 1. The van der Waals surface area contributed by atoms with Crippen LogP contribution in [0.25, 0.3) is 5.69 Å². The van der Waals surface area contributed by atoms with Gasteiger partial charge in [0.25, 0.3) is 10.1 Å². The average molecular weight is 701 g/mol. The van der Waals surface area contributed by atoms with Crippen molar-refractivity contribution < 1.29 is 31.2 Å². The Labute approximate surface area is 268 Å². The van der Waals surface area contributed by atoms with Gasteiger partial charge in [-0.2, -0.15) is 33.2 Å². The molecule has 0 radical (unpaired) electrons. The number of hydrogen-bond donors (Lipinski definition) is 4. The number of rotatable bonds is 13. The number of nitrogens with zero attached hydrogens (tertiary/aromatic N) is 7. The van der Waals surface area contributed by atoms with Gasteiger partial charge in [-0.1, -0.05) is 18.2 Å². The van der Waals surface area contributed by atoms with Gasteiger partial charge in [-0.3, -0.25) is 4.55 Å². The van der Waals surface area contributed by atoms with E-state index in [0.29, 0.717) is 11.4 Å². The fourth-order valence-electron chi connectivity index (χ4n) is 3.83. The Hall–Kier alpha value is -3.94. The predicted molar refractivity (Wildman–Crippen MR) is 167 cm³/mol. The highest BCUT2D eigenvalue weighted by atomic mass is 35.5. The van der Waals surface area contributed by atoms with Crippen LogP contribution in [0.3, 0.4) is 0 Å². The lowest BCUT2D eigenvalue weighted by atomic mass is 10.3. The summed E-state index contributed by atoms with van der Waals surface area (Å²) in [6.07, 6.45) is -0.872. The summed E-state index contributed by atoms with van der Waals surface area (Å²) in [6.45, 7) is 4.49. The molecule has 0 fully saturated rings. The monoisotopic (exact) mass is 699 g/mol. The van der Waals surface area contributed by atoms with Gasteiger partial charge in [0, 0.05) is 11.6 Å². The summed E-state index contributed by atoms with van der Waals surface area (Å²) in [5, 5.41) is 28.3. The van der Waals surface area contributed by atoms with Crippen LogP contribution in [0.1, 0.15) is 19.5 Å². The Morgan fingerprint density at radius 2 is 1.71 bits per heavy atom. The topological polar surface area (TPSA) is 223 Å². The first-order chi connectivity index (χ1) is 21.2. The van der Waals surface area contributed by atoms with Gasteiger partial charge < -0.3 is 20.5 Å². The molecular weight excluding hydrogens is 673 g/mol. The molecular formula is C25H27Cl2N9O7S2. The maximum Gasteiger partial charge on any atom is 0.296 e. The van der Waals surface area contributed by atoms with Gasteiger partial charge in [-0.25, -0.2) is 8.42 Å². The van der Waals surface area contributed by atoms with E-state index in [0.717, 1.165) is 6.07 Å². The van der Waals surface area contributed by atoms with Crippen LogP contribution in [-0.4, -0.2) is 74.5 Å². The SMILES string of the molecule is Cc1nn(-c2ccccc2)c(O)c1N=Nc1cc(Nc2nc(Cl)nc(NC(C)OC(C)S(=O)(=O)CCCl)n2)ccc1S(=O)(=O)O. The first-order valence-electron chi connectivity index (χ1n) is 12.9. The number of hydrogen-bond acceptors (Lipinski definition) is 14. The molecule has 4 N–H and O–H groups in total. The number of para-hydroxylation sites is 1. The largest absolute Gasteiger partial charge is 0.492 e. The Kier molecular flexibility index (Phi) is 10.6. The van der Waals surface area contributed by atoms with Crippen LogP contribution >= 0.6 is 23.2 Å². The fourth-order valence-corrected chi connectivity index (χ4v) is 6.12. The minimum atomic E-state index is -4.74. The molecule has 2 aromatic carbocycles. The fraction of sp³-hybridized carbons (Fsp3) is 0.280. The minimum Gasteiger partial charge on any atom is -0.492 e. The van der Waals surface area contributed by atoms with E-state index < -0.39 is 36.5 Å². The lowest BCUT2D eigenvalue weighted by molar-refractivity contribution is 0.0685. The molecule has 45 heavy (non-hydrogen) atoms. The summed E-state index contributed by atoms with van der Waals surface area (Å²) >= 11 is 11.6. The molecule has 0 aliphatic carbocycles. The molecule has 0 bridgehead atoms. The molecule has 240 valence electrons. The maximum atomic E-state index is 12.2. The number of aromatic hydroxyl groups is 1. The zero-order chi connectivity index (χ0) is 32.9. The predicted octanol–water partition coefficient (Wildman–Crippen LogP) is 4.90. The van der Waals surface area contributed by atoms with Crippen LogP contribution in [0, 0.1) is 6.92 Å². The highest BCUT2D eigenvalue weighted by Gasteiger charge is 2.24. The zero-order valence-electron chi connectivity index (χ0n) is 23.8. The standard InChI is InChI=1S/C25H27Cl2N9O7S2/c1-14-21(22(37)36(35-14)18-7-5-4-6-8-18)34-33-19-13-17(9-10-20(19)45(40,41)42)29-25-31-23(27)30-24(32-25)28-15(2)43-16(3)44(38,39)12-11-26/h4-10,13,15-16,37H,11-12H2,1-3H3,(H,40,41,42)(H2,28,29,30,31,32). The Morgan fingerprint density at radius 1 is 1.02 bits per heavy atom. The summed E-state index contributed by atoms with van der Waals surface area (Å²) in [5.41, 5.74) is -0.425. The van der Waals surface area contributed by atoms with Crippen molar-refractivity contribution in [3.8, 4) is 11.6 Å². The molecule has 2 atom stereocenters.